The van der Waals surface area contributed by atoms with Crippen molar-refractivity contribution in [3.8, 4) is 11.5 Å². The maximum Gasteiger partial charge on any atom is 0.239 e. The zero-order chi connectivity index (χ0) is 17.5. The number of carbonyl (C=O) groups excluding carboxylic acids is 1. The molecule has 0 aliphatic rings. The normalized spacial score (nSPS) is 11.5. The summed E-state index contributed by atoms with van der Waals surface area (Å²) in [7, 11) is 3.08. The van der Waals surface area contributed by atoms with E-state index in [9.17, 15) is 4.79 Å². The van der Waals surface area contributed by atoms with Gasteiger partial charge in [-0.3, -0.25) is 4.79 Å². The van der Waals surface area contributed by atoms with Crippen LogP contribution in [-0.4, -0.2) is 26.7 Å². The van der Waals surface area contributed by atoms with E-state index in [1.54, 1.807) is 19.2 Å². The summed E-state index contributed by atoms with van der Waals surface area (Å²) in [5, 5.41) is 6.44. The van der Waals surface area contributed by atoms with Crippen molar-refractivity contribution < 1.29 is 14.3 Å². The third-order valence-electron chi connectivity index (χ3n) is 3.59. The lowest BCUT2D eigenvalue weighted by atomic mass is 10.1. The van der Waals surface area contributed by atoms with Crippen molar-refractivity contribution >= 4 is 23.2 Å². The van der Waals surface area contributed by atoms with Crippen LogP contribution in [0.5, 0.6) is 11.5 Å². The first kappa shape index (κ1) is 17.9. The molecule has 0 aliphatic heterocycles. The summed E-state index contributed by atoms with van der Waals surface area (Å²) in [5.41, 5.74) is 1.69. The van der Waals surface area contributed by atoms with Crippen molar-refractivity contribution in [3.05, 3.63) is 53.1 Å². The first-order chi connectivity index (χ1) is 11.5. The topological polar surface area (TPSA) is 59.6 Å². The van der Waals surface area contributed by atoms with Crippen molar-refractivity contribution in [2.45, 2.75) is 13.0 Å². The number of hydrogen-bond acceptors (Lipinski definition) is 4. The minimum absolute atomic E-state index is 0.0675. The third kappa shape index (κ3) is 4.55. The average Bonchev–Trinajstić information content (AvgIpc) is 2.60. The highest BCUT2D eigenvalue weighted by atomic mass is 35.5. The Morgan fingerprint density at radius 2 is 1.79 bits per heavy atom. The summed E-state index contributed by atoms with van der Waals surface area (Å²) in [6, 6.07) is 13.1. The number of rotatable bonds is 7. The smallest absolute Gasteiger partial charge is 0.239 e. The Kier molecular flexibility index (Phi) is 6.32. The summed E-state index contributed by atoms with van der Waals surface area (Å²) in [6.45, 7) is 2.05. The molecule has 24 heavy (non-hydrogen) atoms. The van der Waals surface area contributed by atoms with Gasteiger partial charge in [0.2, 0.25) is 5.91 Å². The highest BCUT2D eigenvalue weighted by Crippen LogP contribution is 2.35. The molecule has 0 aliphatic carbocycles. The van der Waals surface area contributed by atoms with Gasteiger partial charge in [0.15, 0.2) is 0 Å². The second kappa shape index (κ2) is 8.45. The van der Waals surface area contributed by atoms with Crippen LogP contribution in [-0.2, 0) is 4.79 Å². The van der Waals surface area contributed by atoms with Gasteiger partial charge in [0, 0.05) is 12.1 Å². The van der Waals surface area contributed by atoms with Crippen LogP contribution in [0.25, 0.3) is 0 Å². The van der Waals surface area contributed by atoms with Gasteiger partial charge in [-0.15, -0.1) is 0 Å². The minimum atomic E-state index is -0.123. The molecule has 0 bridgehead atoms. The first-order valence-electron chi connectivity index (χ1n) is 7.55. The summed E-state index contributed by atoms with van der Waals surface area (Å²) < 4.78 is 10.5. The van der Waals surface area contributed by atoms with Crippen molar-refractivity contribution in [3.63, 3.8) is 0 Å². The Morgan fingerprint density at radius 1 is 1.12 bits per heavy atom. The van der Waals surface area contributed by atoms with Gasteiger partial charge in [0.25, 0.3) is 0 Å². The molecule has 0 aromatic heterocycles. The lowest BCUT2D eigenvalue weighted by molar-refractivity contribution is -0.120. The lowest BCUT2D eigenvalue weighted by Gasteiger charge is -2.16. The highest BCUT2D eigenvalue weighted by Gasteiger charge is 2.12. The molecule has 2 rings (SSSR count). The molecule has 1 amide bonds. The van der Waals surface area contributed by atoms with Gasteiger partial charge in [0.1, 0.15) is 11.5 Å². The van der Waals surface area contributed by atoms with Gasteiger partial charge in [-0.1, -0.05) is 41.9 Å². The number of ether oxygens (including phenoxy) is 2. The maximum atomic E-state index is 12.1. The number of amides is 1. The number of nitrogens with one attached hydrogen (secondary N) is 2. The molecule has 5 nitrogen and oxygen atoms in total. The maximum absolute atomic E-state index is 12.1. The van der Waals surface area contributed by atoms with Crippen LogP contribution in [0.4, 0.5) is 5.69 Å². The first-order valence-corrected chi connectivity index (χ1v) is 7.92. The molecule has 1 unspecified atom stereocenters. The minimum Gasteiger partial charge on any atom is -0.495 e. The number of anilines is 1. The SMILES string of the molecule is COc1cc(NCC(=O)NC(C)c2ccccc2)c(OC)cc1Cl. The Balaban J connectivity index is 1.99. The van der Waals surface area contributed by atoms with Crippen LogP contribution >= 0.6 is 11.6 Å². The van der Waals surface area contributed by atoms with Crippen molar-refractivity contribution in [1.82, 2.24) is 5.32 Å². The quantitative estimate of drug-likeness (QED) is 0.802. The fourth-order valence-corrected chi connectivity index (χ4v) is 2.52. The number of carbonyl (C=O) groups is 1. The van der Waals surface area contributed by atoms with Crippen LogP contribution in [0.3, 0.4) is 0 Å². The number of methoxy groups -OCH3 is 2. The van der Waals surface area contributed by atoms with E-state index in [1.165, 1.54) is 7.11 Å². The number of hydrogen-bond donors (Lipinski definition) is 2. The van der Waals surface area contributed by atoms with Gasteiger partial charge in [0.05, 0.1) is 37.5 Å². The van der Waals surface area contributed by atoms with Gasteiger partial charge in [-0.25, -0.2) is 0 Å². The summed E-state index contributed by atoms with van der Waals surface area (Å²) in [6.07, 6.45) is 0. The van der Waals surface area contributed by atoms with Crippen LogP contribution < -0.4 is 20.1 Å². The Labute approximate surface area is 146 Å². The number of benzene rings is 2. The molecule has 6 heteroatoms. The fourth-order valence-electron chi connectivity index (χ4n) is 2.29. The Morgan fingerprint density at radius 3 is 2.42 bits per heavy atom. The van der Waals surface area contributed by atoms with E-state index >= 15 is 0 Å². The van der Waals surface area contributed by atoms with E-state index in [4.69, 9.17) is 21.1 Å². The highest BCUT2D eigenvalue weighted by molar-refractivity contribution is 6.32. The van der Waals surface area contributed by atoms with E-state index in [0.29, 0.717) is 22.2 Å². The van der Waals surface area contributed by atoms with Crippen molar-refractivity contribution in [2.75, 3.05) is 26.1 Å². The molecule has 0 fully saturated rings. The second-order valence-electron chi connectivity index (χ2n) is 5.24. The van der Waals surface area contributed by atoms with Crippen LogP contribution in [0.2, 0.25) is 5.02 Å². The molecule has 2 aromatic rings. The zero-order valence-electron chi connectivity index (χ0n) is 13.9. The van der Waals surface area contributed by atoms with E-state index in [2.05, 4.69) is 10.6 Å². The second-order valence-corrected chi connectivity index (χ2v) is 5.65. The largest absolute Gasteiger partial charge is 0.495 e. The third-order valence-corrected chi connectivity index (χ3v) is 3.89. The molecule has 128 valence electrons. The predicted octanol–water partition coefficient (Wildman–Crippen LogP) is 3.65. The monoisotopic (exact) mass is 348 g/mol. The van der Waals surface area contributed by atoms with E-state index in [1.807, 2.05) is 37.3 Å². The van der Waals surface area contributed by atoms with Crippen LogP contribution in [0.1, 0.15) is 18.5 Å². The molecular weight excluding hydrogens is 328 g/mol. The van der Waals surface area contributed by atoms with E-state index in [0.717, 1.165) is 5.56 Å². The van der Waals surface area contributed by atoms with Crippen LogP contribution in [0.15, 0.2) is 42.5 Å². The van der Waals surface area contributed by atoms with Crippen LogP contribution in [0, 0.1) is 0 Å². The lowest BCUT2D eigenvalue weighted by Crippen LogP contribution is -2.32. The summed E-state index contributed by atoms with van der Waals surface area (Å²) >= 11 is 6.07. The zero-order valence-corrected chi connectivity index (χ0v) is 14.7. The van der Waals surface area contributed by atoms with E-state index in [-0.39, 0.29) is 18.5 Å². The molecule has 0 saturated carbocycles. The van der Waals surface area contributed by atoms with E-state index < -0.39 is 0 Å². The van der Waals surface area contributed by atoms with Gasteiger partial charge < -0.3 is 20.1 Å². The summed E-state index contributed by atoms with van der Waals surface area (Å²) in [5.74, 6) is 0.935. The molecule has 1 atom stereocenters. The van der Waals surface area contributed by atoms with Crippen molar-refractivity contribution in [2.24, 2.45) is 0 Å². The van der Waals surface area contributed by atoms with Gasteiger partial charge in [-0.2, -0.15) is 0 Å². The predicted molar refractivity (Wildman–Crippen MR) is 96.0 cm³/mol. The van der Waals surface area contributed by atoms with Crippen molar-refractivity contribution in [1.29, 1.82) is 0 Å². The molecule has 0 heterocycles. The standard InChI is InChI=1S/C18H21ClN2O3/c1-12(13-7-5-4-6-8-13)21-18(22)11-20-15-10-16(23-2)14(19)9-17(15)24-3/h4-10,12,20H,11H2,1-3H3,(H,21,22). The summed E-state index contributed by atoms with van der Waals surface area (Å²) in [4.78, 5) is 12.1. The fraction of sp³-hybridized carbons (Fsp3) is 0.278. The van der Waals surface area contributed by atoms with Gasteiger partial charge >= 0.3 is 0 Å². The van der Waals surface area contributed by atoms with Gasteiger partial charge in [-0.05, 0) is 12.5 Å². The Hall–Kier alpha value is -2.40. The molecule has 2 N–H and O–H groups in total. The molecule has 2 aromatic carbocycles. The molecule has 0 spiro atoms. The average molecular weight is 349 g/mol. The molecular formula is C18H21ClN2O3. The number of halogens is 1. The molecule has 0 radical (unpaired) electrons. The Bertz CT molecular complexity index is 692. The molecule has 0 saturated heterocycles.